The average molecular weight is 219 g/mol. The Morgan fingerprint density at radius 2 is 1.69 bits per heavy atom. The van der Waals surface area contributed by atoms with E-state index in [1.807, 2.05) is 0 Å². The molecule has 0 aromatic heterocycles. The summed E-state index contributed by atoms with van der Waals surface area (Å²) in [6, 6.07) is 9.44. The fourth-order valence-electron chi connectivity index (χ4n) is 2.02. The van der Waals surface area contributed by atoms with Gasteiger partial charge in [0.2, 0.25) is 0 Å². The van der Waals surface area contributed by atoms with Crippen LogP contribution in [0.15, 0.2) is 24.3 Å². The molecule has 0 spiro atoms. The van der Waals surface area contributed by atoms with E-state index >= 15 is 0 Å². The molecule has 0 amide bonds. The van der Waals surface area contributed by atoms with E-state index in [9.17, 15) is 0 Å². The molecule has 0 aliphatic carbocycles. The fraction of sp³-hybridized carbons (Fsp3) is 0.600. The largest absolute Gasteiger partial charge is 0.317 e. The van der Waals surface area contributed by atoms with Crippen LogP contribution >= 0.6 is 0 Å². The number of hydrogen-bond acceptors (Lipinski definition) is 1. The van der Waals surface area contributed by atoms with Crippen molar-refractivity contribution >= 4 is 0 Å². The Morgan fingerprint density at radius 3 is 2.12 bits per heavy atom. The average Bonchev–Trinajstić information content (AvgIpc) is 2.18. The number of nitrogens with one attached hydrogen (secondary N) is 1. The summed E-state index contributed by atoms with van der Waals surface area (Å²) in [7, 11) is 2.06. The summed E-state index contributed by atoms with van der Waals surface area (Å²) in [6.45, 7) is 9.03. The summed E-state index contributed by atoms with van der Waals surface area (Å²) in [6.07, 6.45) is 2.32. The van der Waals surface area contributed by atoms with Gasteiger partial charge in [0, 0.05) is 6.04 Å². The third kappa shape index (κ3) is 4.80. The van der Waals surface area contributed by atoms with Crippen molar-refractivity contribution in [3.8, 4) is 0 Å². The van der Waals surface area contributed by atoms with Crippen molar-refractivity contribution in [2.75, 3.05) is 7.05 Å². The van der Waals surface area contributed by atoms with Crippen LogP contribution in [0.3, 0.4) is 0 Å². The minimum Gasteiger partial charge on any atom is -0.317 e. The van der Waals surface area contributed by atoms with E-state index < -0.39 is 0 Å². The van der Waals surface area contributed by atoms with Crippen molar-refractivity contribution in [3.63, 3.8) is 0 Å². The highest BCUT2D eigenvalue weighted by molar-refractivity contribution is 5.22. The van der Waals surface area contributed by atoms with Gasteiger partial charge in [-0.2, -0.15) is 0 Å². The Kier molecular flexibility index (Phi) is 4.55. The molecular weight excluding hydrogens is 194 g/mol. The van der Waals surface area contributed by atoms with Crippen LogP contribution in [0.25, 0.3) is 0 Å². The standard InChI is InChI=1S/C15H25N/c1-12-6-8-13(9-7-12)10-14(16-5)11-15(2,3)4/h6-9,14,16H,10-11H2,1-5H3. The Hall–Kier alpha value is -0.820. The van der Waals surface area contributed by atoms with Crippen LogP contribution in [0.2, 0.25) is 0 Å². The van der Waals surface area contributed by atoms with Gasteiger partial charge >= 0.3 is 0 Å². The zero-order valence-corrected chi connectivity index (χ0v) is 11.3. The normalized spacial score (nSPS) is 13.8. The smallest absolute Gasteiger partial charge is 0.0109 e. The molecule has 1 N–H and O–H groups in total. The summed E-state index contributed by atoms with van der Waals surface area (Å²) in [4.78, 5) is 0. The highest BCUT2D eigenvalue weighted by Crippen LogP contribution is 2.22. The van der Waals surface area contributed by atoms with Gasteiger partial charge in [-0.1, -0.05) is 50.6 Å². The first-order valence-corrected chi connectivity index (χ1v) is 6.13. The third-order valence-electron chi connectivity index (χ3n) is 2.87. The lowest BCUT2D eigenvalue weighted by atomic mass is 9.86. The highest BCUT2D eigenvalue weighted by Gasteiger charge is 2.17. The van der Waals surface area contributed by atoms with Crippen LogP contribution in [0.4, 0.5) is 0 Å². The molecule has 1 aromatic rings. The topological polar surface area (TPSA) is 12.0 Å². The monoisotopic (exact) mass is 219 g/mol. The first-order valence-electron chi connectivity index (χ1n) is 6.13. The van der Waals surface area contributed by atoms with E-state index in [-0.39, 0.29) is 0 Å². The van der Waals surface area contributed by atoms with Crippen molar-refractivity contribution in [1.29, 1.82) is 0 Å². The molecule has 0 heterocycles. The molecule has 0 aliphatic rings. The maximum absolute atomic E-state index is 3.42. The number of likely N-dealkylation sites (N-methyl/N-ethyl adjacent to an activating group) is 1. The predicted molar refractivity (Wildman–Crippen MR) is 71.8 cm³/mol. The summed E-state index contributed by atoms with van der Waals surface area (Å²) in [5.74, 6) is 0. The maximum atomic E-state index is 3.42. The van der Waals surface area contributed by atoms with E-state index in [1.54, 1.807) is 0 Å². The molecule has 90 valence electrons. The lowest BCUT2D eigenvalue weighted by Crippen LogP contribution is -2.31. The molecule has 0 aliphatic heterocycles. The second-order valence-corrected chi connectivity index (χ2v) is 5.94. The van der Waals surface area contributed by atoms with Crippen molar-refractivity contribution in [1.82, 2.24) is 5.32 Å². The Morgan fingerprint density at radius 1 is 1.12 bits per heavy atom. The molecule has 1 nitrogen and oxygen atoms in total. The van der Waals surface area contributed by atoms with Gasteiger partial charge in [-0.05, 0) is 37.8 Å². The van der Waals surface area contributed by atoms with Gasteiger partial charge in [0.25, 0.3) is 0 Å². The van der Waals surface area contributed by atoms with Crippen molar-refractivity contribution in [2.45, 2.75) is 46.6 Å². The molecular formula is C15H25N. The van der Waals surface area contributed by atoms with E-state index in [1.165, 1.54) is 17.5 Å². The summed E-state index contributed by atoms with van der Waals surface area (Å²) < 4.78 is 0. The molecule has 1 heteroatoms. The van der Waals surface area contributed by atoms with Crippen LogP contribution in [-0.2, 0) is 6.42 Å². The van der Waals surface area contributed by atoms with Crippen LogP contribution in [0.1, 0.15) is 38.3 Å². The lowest BCUT2D eigenvalue weighted by Gasteiger charge is -2.25. The van der Waals surface area contributed by atoms with Gasteiger partial charge in [-0.15, -0.1) is 0 Å². The van der Waals surface area contributed by atoms with E-state index in [4.69, 9.17) is 0 Å². The van der Waals surface area contributed by atoms with Gasteiger partial charge < -0.3 is 5.32 Å². The van der Waals surface area contributed by atoms with Crippen molar-refractivity contribution in [2.24, 2.45) is 5.41 Å². The van der Waals surface area contributed by atoms with E-state index in [2.05, 4.69) is 64.3 Å². The Bertz CT molecular complexity index is 305. The summed E-state index contributed by atoms with van der Waals surface area (Å²) in [5, 5.41) is 3.42. The zero-order chi connectivity index (χ0) is 12.2. The molecule has 0 bridgehead atoms. The summed E-state index contributed by atoms with van der Waals surface area (Å²) in [5.41, 5.74) is 3.15. The zero-order valence-electron chi connectivity index (χ0n) is 11.3. The lowest BCUT2D eigenvalue weighted by molar-refractivity contribution is 0.316. The molecule has 1 rings (SSSR count). The minimum atomic E-state index is 0.387. The van der Waals surface area contributed by atoms with Gasteiger partial charge in [-0.3, -0.25) is 0 Å². The quantitative estimate of drug-likeness (QED) is 0.816. The predicted octanol–water partition coefficient (Wildman–Crippen LogP) is 3.56. The Labute approximate surface area is 100 Å². The second kappa shape index (κ2) is 5.49. The molecule has 0 fully saturated rings. The minimum absolute atomic E-state index is 0.387. The van der Waals surface area contributed by atoms with Crippen LogP contribution < -0.4 is 5.32 Å². The first kappa shape index (κ1) is 13.2. The number of hydrogen-bond donors (Lipinski definition) is 1. The summed E-state index contributed by atoms with van der Waals surface area (Å²) >= 11 is 0. The molecule has 0 saturated heterocycles. The maximum Gasteiger partial charge on any atom is 0.0109 e. The third-order valence-corrected chi connectivity index (χ3v) is 2.87. The van der Waals surface area contributed by atoms with E-state index in [0.29, 0.717) is 11.5 Å². The molecule has 1 aromatic carbocycles. The number of rotatable bonds is 4. The molecule has 1 atom stereocenters. The van der Waals surface area contributed by atoms with Crippen molar-refractivity contribution in [3.05, 3.63) is 35.4 Å². The van der Waals surface area contributed by atoms with Gasteiger partial charge in [-0.25, -0.2) is 0 Å². The molecule has 0 radical (unpaired) electrons. The van der Waals surface area contributed by atoms with Crippen LogP contribution in [0, 0.1) is 12.3 Å². The van der Waals surface area contributed by atoms with E-state index in [0.717, 1.165) is 6.42 Å². The highest BCUT2D eigenvalue weighted by atomic mass is 14.9. The molecule has 0 saturated carbocycles. The fourth-order valence-corrected chi connectivity index (χ4v) is 2.02. The van der Waals surface area contributed by atoms with Gasteiger partial charge in [0.1, 0.15) is 0 Å². The van der Waals surface area contributed by atoms with Crippen LogP contribution in [-0.4, -0.2) is 13.1 Å². The number of aryl methyl sites for hydroxylation is 1. The molecule has 16 heavy (non-hydrogen) atoms. The number of benzene rings is 1. The molecule has 1 unspecified atom stereocenters. The van der Waals surface area contributed by atoms with Crippen molar-refractivity contribution < 1.29 is 0 Å². The Balaban J connectivity index is 2.60. The first-order chi connectivity index (χ1) is 7.40. The van der Waals surface area contributed by atoms with Gasteiger partial charge in [0.15, 0.2) is 0 Å². The van der Waals surface area contributed by atoms with Gasteiger partial charge in [0.05, 0.1) is 0 Å². The van der Waals surface area contributed by atoms with Crippen LogP contribution in [0.5, 0.6) is 0 Å². The SMILES string of the molecule is CNC(Cc1ccc(C)cc1)CC(C)(C)C. The second-order valence-electron chi connectivity index (χ2n) is 5.94.